The van der Waals surface area contributed by atoms with Gasteiger partial charge in [0.25, 0.3) is 5.91 Å². The predicted molar refractivity (Wildman–Crippen MR) is 157 cm³/mol. The monoisotopic (exact) mass is 582 g/mol. The molecule has 3 rings (SSSR count). The molecular formula is C29H35ClN6O5. The van der Waals surface area contributed by atoms with E-state index in [4.69, 9.17) is 27.8 Å². The van der Waals surface area contributed by atoms with Crippen LogP contribution in [0.3, 0.4) is 0 Å². The summed E-state index contributed by atoms with van der Waals surface area (Å²) in [4.78, 5) is 47.0. The van der Waals surface area contributed by atoms with Crippen LogP contribution in [0.15, 0.2) is 48.5 Å². The number of hydrogen-bond donors (Lipinski definition) is 4. The quantitative estimate of drug-likeness (QED) is 0.271. The SMILES string of the molecule is Cc1ccccc1C[C@@H](CNC(=O)c1nc(Cl)c(N)nc1N)CN(Cc1ccc(C(=O)O)cc1)C(=O)OC(C)(C)C. The minimum Gasteiger partial charge on any atom is -0.478 e. The van der Waals surface area contributed by atoms with Crippen molar-refractivity contribution in [2.75, 3.05) is 24.6 Å². The third kappa shape index (κ3) is 9.07. The van der Waals surface area contributed by atoms with Crippen molar-refractivity contribution in [3.05, 3.63) is 81.6 Å². The van der Waals surface area contributed by atoms with E-state index in [2.05, 4.69) is 15.3 Å². The van der Waals surface area contributed by atoms with Crippen molar-refractivity contribution in [2.24, 2.45) is 5.92 Å². The summed E-state index contributed by atoms with van der Waals surface area (Å²) >= 11 is 5.95. The van der Waals surface area contributed by atoms with Gasteiger partial charge in [-0.05, 0) is 68.9 Å². The number of nitrogens with two attached hydrogens (primary N) is 2. The van der Waals surface area contributed by atoms with E-state index in [0.29, 0.717) is 6.42 Å². The van der Waals surface area contributed by atoms with Gasteiger partial charge in [-0.1, -0.05) is 48.0 Å². The van der Waals surface area contributed by atoms with Crippen LogP contribution in [0.4, 0.5) is 16.4 Å². The number of rotatable bonds is 10. The number of carbonyl (C=O) groups excluding carboxylic acids is 2. The summed E-state index contributed by atoms with van der Waals surface area (Å²) in [6.45, 7) is 7.87. The van der Waals surface area contributed by atoms with Crippen LogP contribution in [0.1, 0.15) is 58.3 Å². The molecule has 2 amide bonds. The van der Waals surface area contributed by atoms with E-state index >= 15 is 0 Å². The number of hydrogen-bond acceptors (Lipinski definition) is 8. The summed E-state index contributed by atoms with van der Waals surface area (Å²) in [7, 11) is 0. The van der Waals surface area contributed by atoms with Crippen molar-refractivity contribution >= 4 is 41.2 Å². The molecule has 0 unspecified atom stereocenters. The van der Waals surface area contributed by atoms with Gasteiger partial charge in [0.05, 0.1) is 5.56 Å². The molecule has 0 radical (unpaired) electrons. The van der Waals surface area contributed by atoms with Crippen LogP contribution < -0.4 is 16.8 Å². The van der Waals surface area contributed by atoms with Gasteiger partial charge in [0.15, 0.2) is 22.5 Å². The Labute approximate surface area is 243 Å². The molecule has 11 nitrogen and oxygen atoms in total. The third-order valence-corrected chi connectivity index (χ3v) is 6.42. The lowest BCUT2D eigenvalue weighted by Gasteiger charge is -2.31. The molecule has 0 spiro atoms. The zero-order chi connectivity index (χ0) is 30.3. The highest BCUT2D eigenvalue weighted by Crippen LogP contribution is 2.20. The van der Waals surface area contributed by atoms with Gasteiger partial charge in [0.1, 0.15) is 5.60 Å². The first-order chi connectivity index (χ1) is 19.2. The fourth-order valence-corrected chi connectivity index (χ4v) is 4.22. The summed E-state index contributed by atoms with van der Waals surface area (Å²) < 4.78 is 5.69. The number of carbonyl (C=O) groups is 3. The number of carboxylic acid groups (broad SMARTS) is 1. The summed E-state index contributed by atoms with van der Waals surface area (Å²) in [5.41, 5.74) is 13.6. The van der Waals surface area contributed by atoms with Gasteiger partial charge >= 0.3 is 12.1 Å². The molecule has 1 atom stereocenters. The van der Waals surface area contributed by atoms with Gasteiger partial charge in [-0.2, -0.15) is 0 Å². The van der Waals surface area contributed by atoms with Crippen molar-refractivity contribution in [1.29, 1.82) is 0 Å². The maximum atomic E-state index is 13.3. The second-order valence-corrected chi connectivity index (χ2v) is 11.1. The number of nitrogens with one attached hydrogen (secondary N) is 1. The largest absolute Gasteiger partial charge is 0.478 e. The fourth-order valence-electron chi connectivity index (χ4n) is 4.10. The Morgan fingerprint density at radius 3 is 2.32 bits per heavy atom. The Balaban J connectivity index is 1.88. The second-order valence-electron chi connectivity index (χ2n) is 10.7. The van der Waals surface area contributed by atoms with Crippen LogP contribution in [0, 0.1) is 12.8 Å². The topological polar surface area (TPSA) is 174 Å². The maximum absolute atomic E-state index is 13.3. The van der Waals surface area contributed by atoms with Crippen LogP contribution in [0.25, 0.3) is 0 Å². The number of nitrogens with zero attached hydrogens (tertiary/aromatic N) is 3. The van der Waals surface area contributed by atoms with Crippen molar-refractivity contribution in [3.8, 4) is 0 Å². The molecule has 0 saturated carbocycles. The number of amides is 2. The Morgan fingerprint density at radius 2 is 1.71 bits per heavy atom. The number of aryl methyl sites for hydroxylation is 1. The van der Waals surface area contributed by atoms with E-state index in [9.17, 15) is 19.5 Å². The Kier molecular flexibility index (Phi) is 10.1. The van der Waals surface area contributed by atoms with Crippen LogP contribution >= 0.6 is 11.6 Å². The number of anilines is 2. The highest BCUT2D eigenvalue weighted by Gasteiger charge is 2.26. The zero-order valence-corrected chi connectivity index (χ0v) is 24.2. The zero-order valence-electron chi connectivity index (χ0n) is 23.5. The lowest BCUT2D eigenvalue weighted by Crippen LogP contribution is -2.42. The minimum absolute atomic E-state index is 0.0810. The number of halogens is 1. The Morgan fingerprint density at radius 1 is 1.05 bits per heavy atom. The third-order valence-electron chi connectivity index (χ3n) is 6.15. The average Bonchev–Trinajstić information content (AvgIpc) is 2.89. The molecule has 0 saturated heterocycles. The van der Waals surface area contributed by atoms with E-state index in [-0.39, 0.29) is 53.6 Å². The van der Waals surface area contributed by atoms with E-state index in [0.717, 1.165) is 16.7 Å². The maximum Gasteiger partial charge on any atom is 0.410 e. The molecule has 0 aliphatic carbocycles. The molecule has 0 aliphatic rings. The summed E-state index contributed by atoms with van der Waals surface area (Å²) in [6.07, 6.45) is -0.00484. The van der Waals surface area contributed by atoms with Crippen LogP contribution in [-0.2, 0) is 17.7 Å². The second kappa shape index (κ2) is 13.3. The lowest BCUT2D eigenvalue weighted by molar-refractivity contribution is 0.0202. The van der Waals surface area contributed by atoms with Crippen molar-refractivity contribution in [1.82, 2.24) is 20.2 Å². The van der Waals surface area contributed by atoms with Gasteiger partial charge in [-0.25, -0.2) is 19.6 Å². The molecule has 2 aromatic carbocycles. The lowest BCUT2D eigenvalue weighted by atomic mass is 9.95. The molecular weight excluding hydrogens is 548 g/mol. The molecule has 0 bridgehead atoms. The molecule has 41 heavy (non-hydrogen) atoms. The first-order valence-electron chi connectivity index (χ1n) is 12.9. The molecule has 1 heterocycles. The number of aromatic carboxylic acids is 1. The van der Waals surface area contributed by atoms with Crippen molar-refractivity contribution in [2.45, 2.75) is 46.3 Å². The van der Waals surface area contributed by atoms with Crippen molar-refractivity contribution in [3.63, 3.8) is 0 Å². The summed E-state index contributed by atoms with van der Waals surface area (Å²) in [5.74, 6) is -2.12. The minimum atomic E-state index is -1.04. The number of ether oxygens (including phenoxy) is 1. The van der Waals surface area contributed by atoms with Gasteiger partial charge < -0.3 is 31.5 Å². The molecule has 218 valence electrons. The van der Waals surface area contributed by atoms with E-state index < -0.39 is 23.6 Å². The number of aromatic nitrogens is 2. The average molecular weight is 583 g/mol. The van der Waals surface area contributed by atoms with Crippen LogP contribution in [-0.4, -0.2) is 56.6 Å². The smallest absolute Gasteiger partial charge is 0.410 e. The van der Waals surface area contributed by atoms with E-state index in [1.165, 1.54) is 12.1 Å². The standard InChI is InChI=1S/C29H35ClN6O5/c1-17-7-5-6-8-21(17)13-19(14-33-26(37)22-24(31)35-25(32)23(30)34-22)16-36(28(40)41-29(2,3)4)15-18-9-11-20(12-10-18)27(38)39/h5-12,19H,13-16H2,1-4H3,(H,33,37)(H,38,39)(H4,31,32,35)/t19-/m0/s1. The van der Waals surface area contributed by atoms with E-state index in [1.807, 2.05) is 31.2 Å². The van der Waals surface area contributed by atoms with Gasteiger partial charge in [-0.3, -0.25) is 4.79 Å². The van der Waals surface area contributed by atoms with Crippen LogP contribution in [0.2, 0.25) is 5.15 Å². The Bertz CT molecular complexity index is 1410. The molecule has 0 aliphatic heterocycles. The number of carboxylic acids is 1. The highest BCUT2D eigenvalue weighted by atomic mass is 35.5. The van der Waals surface area contributed by atoms with Gasteiger partial charge in [-0.15, -0.1) is 0 Å². The van der Waals surface area contributed by atoms with Crippen molar-refractivity contribution < 1.29 is 24.2 Å². The molecule has 12 heteroatoms. The van der Waals surface area contributed by atoms with E-state index in [1.54, 1.807) is 37.8 Å². The molecule has 1 aromatic heterocycles. The first-order valence-corrected chi connectivity index (χ1v) is 13.3. The summed E-state index contributed by atoms with van der Waals surface area (Å²) in [5, 5.41) is 11.9. The van der Waals surface area contributed by atoms with Crippen LogP contribution in [0.5, 0.6) is 0 Å². The van der Waals surface area contributed by atoms with Gasteiger partial charge in [0.2, 0.25) is 0 Å². The predicted octanol–water partition coefficient (Wildman–Crippen LogP) is 4.33. The molecule has 6 N–H and O–H groups in total. The normalized spacial score (nSPS) is 11.9. The molecule has 3 aromatic rings. The summed E-state index contributed by atoms with van der Waals surface area (Å²) in [6, 6.07) is 14.1. The van der Waals surface area contributed by atoms with Gasteiger partial charge in [0, 0.05) is 19.6 Å². The fraction of sp³-hybridized carbons (Fsp3) is 0.345. The first kappa shape index (κ1) is 31.2. The Hall–Kier alpha value is -4.38. The molecule has 0 fully saturated rings. The highest BCUT2D eigenvalue weighted by molar-refractivity contribution is 6.31. The number of nitrogen functional groups attached to an aromatic ring is 2. The number of benzene rings is 2.